The molecule has 0 spiro atoms. The van der Waals surface area contributed by atoms with Gasteiger partial charge in [0.15, 0.2) is 0 Å². The van der Waals surface area contributed by atoms with Crippen LogP contribution in [0, 0.1) is 0 Å². The average Bonchev–Trinajstić information content (AvgIpc) is 2.30. The van der Waals surface area contributed by atoms with E-state index in [1.165, 1.54) is 37.7 Å². The molecule has 86 valence electrons. The first-order valence-electron chi connectivity index (χ1n) is 5.92. The average molecular weight is 218 g/mol. The maximum Gasteiger partial charge on any atom is 0.316 e. The summed E-state index contributed by atoms with van der Waals surface area (Å²) in [5.41, 5.74) is 7.21. The largest absolute Gasteiger partial charge is 0.351 e. The predicted molar refractivity (Wildman–Crippen MR) is 65.5 cm³/mol. The van der Waals surface area contributed by atoms with E-state index >= 15 is 0 Å². The van der Waals surface area contributed by atoms with Gasteiger partial charge in [0.2, 0.25) is 0 Å². The van der Waals surface area contributed by atoms with E-state index in [1.807, 2.05) is 12.1 Å². The van der Waals surface area contributed by atoms with E-state index in [0.717, 1.165) is 5.69 Å². The van der Waals surface area contributed by atoms with Crippen LogP contribution in [0.5, 0.6) is 0 Å². The van der Waals surface area contributed by atoms with Crippen molar-refractivity contribution in [3.63, 3.8) is 0 Å². The summed E-state index contributed by atoms with van der Waals surface area (Å²) in [4.78, 5) is 10.7. The summed E-state index contributed by atoms with van der Waals surface area (Å²) < 4.78 is 0. The zero-order valence-electron chi connectivity index (χ0n) is 9.41. The van der Waals surface area contributed by atoms with Crippen LogP contribution in [0.4, 0.5) is 10.5 Å². The molecule has 1 saturated carbocycles. The molecule has 0 atom stereocenters. The Hall–Kier alpha value is -1.51. The highest BCUT2D eigenvalue weighted by atomic mass is 16.2. The molecule has 3 nitrogen and oxygen atoms in total. The highest BCUT2D eigenvalue weighted by molar-refractivity contribution is 5.87. The lowest BCUT2D eigenvalue weighted by Gasteiger charge is -2.22. The molecule has 0 bridgehead atoms. The van der Waals surface area contributed by atoms with Crippen molar-refractivity contribution in [2.45, 2.75) is 38.0 Å². The molecule has 1 aliphatic rings. The zero-order chi connectivity index (χ0) is 11.4. The second kappa shape index (κ2) is 5.01. The number of hydrogen-bond donors (Lipinski definition) is 2. The lowest BCUT2D eigenvalue weighted by Crippen LogP contribution is -2.19. The Bertz CT molecular complexity index is 353. The van der Waals surface area contributed by atoms with Gasteiger partial charge in [-0.2, -0.15) is 0 Å². The minimum Gasteiger partial charge on any atom is -0.351 e. The Morgan fingerprint density at radius 3 is 2.31 bits per heavy atom. The number of hydrogen-bond acceptors (Lipinski definition) is 1. The van der Waals surface area contributed by atoms with Crippen LogP contribution in [0.1, 0.15) is 43.6 Å². The first-order valence-corrected chi connectivity index (χ1v) is 5.92. The summed E-state index contributed by atoms with van der Waals surface area (Å²) in [6.45, 7) is 0. The molecule has 2 rings (SSSR count). The van der Waals surface area contributed by atoms with E-state index in [4.69, 9.17) is 5.73 Å². The molecule has 1 aromatic rings. The van der Waals surface area contributed by atoms with Gasteiger partial charge >= 0.3 is 6.03 Å². The number of nitrogens with one attached hydrogen (secondary N) is 1. The molecule has 1 aliphatic carbocycles. The van der Waals surface area contributed by atoms with E-state index in [0.29, 0.717) is 5.92 Å². The minimum atomic E-state index is -0.509. The summed E-state index contributed by atoms with van der Waals surface area (Å²) in [5.74, 6) is 0.705. The van der Waals surface area contributed by atoms with Gasteiger partial charge in [0.1, 0.15) is 0 Å². The number of primary amides is 1. The van der Waals surface area contributed by atoms with Gasteiger partial charge in [-0.1, -0.05) is 31.4 Å². The van der Waals surface area contributed by atoms with Crippen molar-refractivity contribution >= 4 is 11.7 Å². The third-order valence-electron chi connectivity index (χ3n) is 3.25. The number of benzene rings is 1. The van der Waals surface area contributed by atoms with Crippen LogP contribution in [0.25, 0.3) is 0 Å². The van der Waals surface area contributed by atoms with Crippen LogP contribution in [-0.4, -0.2) is 6.03 Å². The van der Waals surface area contributed by atoms with Crippen molar-refractivity contribution in [3.8, 4) is 0 Å². The highest BCUT2D eigenvalue weighted by Crippen LogP contribution is 2.32. The van der Waals surface area contributed by atoms with E-state index in [2.05, 4.69) is 17.4 Å². The smallest absolute Gasteiger partial charge is 0.316 e. The maximum atomic E-state index is 10.7. The number of urea groups is 1. The fourth-order valence-electron chi connectivity index (χ4n) is 2.42. The SMILES string of the molecule is NC(=O)Nc1ccc(C2CCCCC2)cc1. The van der Waals surface area contributed by atoms with Gasteiger partial charge < -0.3 is 11.1 Å². The van der Waals surface area contributed by atoms with E-state index in [1.54, 1.807) is 0 Å². The van der Waals surface area contributed by atoms with Crippen LogP contribution in [0.2, 0.25) is 0 Å². The van der Waals surface area contributed by atoms with Crippen LogP contribution < -0.4 is 11.1 Å². The van der Waals surface area contributed by atoms with Crippen LogP contribution in [0.15, 0.2) is 24.3 Å². The lowest BCUT2D eigenvalue weighted by atomic mass is 9.84. The van der Waals surface area contributed by atoms with Crippen LogP contribution in [0.3, 0.4) is 0 Å². The van der Waals surface area contributed by atoms with Gasteiger partial charge in [-0.25, -0.2) is 4.79 Å². The second-order valence-corrected chi connectivity index (χ2v) is 4.45. The fourth-order valence-corrected chi connectivity index (χ4v) is 2.42. The van der Waals surface area contributed by atoms with Gasteiger partial charge in [-0.15, -0.1) is 0 Å². The molecule has 1 fully saturated rings. The van der Waals surface area contributed by atoms with Gasteiger partial charge in [-0.3, -0.25) is 0 Å². The summed E-state index contributed by atoms with van der Waals surface area (Å²) >= 11 is 0. The number of nitrogens with two attached hydrogens (primary N) is 1. The fraction of sp³-hybridized carbons (Fsp3) is 0.462. The topological polar surface area (TPSA) is 55.1 Å². The summed E-state index contributed by atoms with van der Waals surface area (Å²) in [5, 5.41) is 2.57. The Labute approximate surface area is 96.0 Å². The molecule has 3 N–H and O–H groups in total. The van der Waals surface area contributed by atoms with E-state index < -0.39 is 6.03 Å². The quantitative estimate of drug-likeness (QED) is 0.786. The first-order chi connectivity index (χ1) is 7.75. The van der Waals surface area contributed by atoms with Crippen LogP contribution >= 0.6 is 0 Å². The van der Waals surface area contributed by atoms with Crippen LogP contribution in [-0.2, 0) is 0 Å². The standard InChI is InChI=1S/C13H18N2O/c14-13(16)15-12-8-6-11(7-9-12)10-4-2-1-3-5-10/h6-10H,1-5H2,(H3,14,15,16). The Balaban J connectivity index is 2.03. The molecule has 2 amide bonds. The Morgan fingerprint density at radius 2 is 1.75 bits per heavy atom. The molecule has 1 aromatic carbocycles. The number of anilines is 1. The maximum absolute atomic E-state index is 10.7. The molecule has 0 aromatic heterocycles. The Morgan fingerprint density at radius 1 is 1.12 bits per heavy atom. The molecule has 0 aliphatic heterocycles. The van der Waals surface area contributed by atoms with Gasteiger partial charge in [0, 0.05) is 5.69 Å². The molecular weight excluding hydrogens is 200 g/mol. The number of carbonyl (C=O) groups excluding carboxylic acids is 1. The third-order valence-corrected chi connectivity index (χ3v) is 3.25. The van der Waals surface area contributed by atoms with Crippen molar-refractivity contribution < 1.29 is 4.79 Å². The number of amides is 2. The normalized spacial score (nSPS) is 17.0. The van der Waals surface area contributed by atoms with Crippen molar-refractivity contribution in [3.05, 3.63) is 29.8 Å². The first kappa shape index (κ1) is 11.0. The van der Waals surface area contributed by atoms with Crippen molar-refractivity contribution in [1.82, 2.24) is 0 Å². The minimum absolute atomic E-state index is 0.509. The van der Waals surface area contributed by atoms with Crippen molar-refractivity contribution in [2.24, 2.45) is 5.73 Å². The molecule has 0 unspecified atom stereocenters. The third kappa shape index (κ3) is 2.75. The summed E-state index contributed by atoms with van der Waals surface area (Å²) in [6, 6.07) is 7.54. The molecule has 0 radical (unpaired) electrons. The second-order valence-electron chi connectivity index (χ2n) is 4.45. The van der Waals surface area contributed by atoms with Crippen molar-refractivity contribution in [1.29, 1.82) is 0 Å². The number of rotatable bonds is 2. The predicted octanol–water partition coefficient (Wildman–Crippen LogP) is 3.22. The van der Waals surface area contributed by atoms with Gasteiger partial charge in [0.05, 0.1) is 0 Å². The molecule has 3 heteroatoms. The summed E-state index contributed by atoms with van der Waals surface area (Å²) in [6.07, 6.45) is 6.64. The molecular formula is C13H18N2O. The van der Waals surface area contributed by atoms with Gasteiger partial charge in [0.25, 0.3) is 0 Å². The van der Waals surface area contributed by atoms with E-state index in [9.17, 15) is 4.79 Å². The lowest BCUT2D eigenvalue weighted by molar-refractivity contribution is 0.259. The summed E-state index contributed by atoms with van der Waals surface area (Å²) in [7, 11) is 0. The zero-order valence-corrected chi connectivity index (χ0v) is 9.41. The van der Waals surface area contributed by atoms with Crippen molar-refractivity contribution in [2.75, 3.05) is 5.32 Å². The monoisotopic (exact) mass is 218 g/mol. The van der Waals surface area contributed by atoms with E-state index in [-0.39, 0.29) is 0 Å². The molecule has 0 saturated heterocycles. The Kier molecular flexibility index (Phi) is 3.44. The highest BCUT2D eigenvalue weighted by Gasteiger charge is 2.14. The molecule has 16 heavy (non-hydrogen) atoms. The van der Waals surface area contributed by atoms with Gasteiger partial charge in [-0.05, 0) is 36.5 Å². The molecule has 0 heterocycles. The number of carbonyl (C=O) groups is 1.